The smallest absolute Gasteiger partial charge is 0.267 e. The Morgan fingerprint density at radius 1 is 1.00 bits per heavy atom. The molecule has 0 spiro atoms. The van der Waals surface area contributed by atoms with E-state index in [1.807, 2.05) is 61.5 Å². The zero-order valence-electron chi connectivity index (χ0n) is 19.2. The number of H-pyrrole nitrogens is 1. The summed E-state index contributed by atoms with van der Waals surface area (Å²) >= 11 is 0. The van der Waals surface area contributed by atoms with Gasteiger partial charge in [0.1, 0.15) is 11.4 Å². The van der Waals surface area contributed by atoms with Crippen molar-refractivity contribution in [1.82, 2.24) is 15.6 Å². The lowest BCUT2D eigenvalue weighted by atomic mass is 10.0. The molecule has 0 aliphatic carbocycles. The van der Waals surface area contributed by atoms with Crippen LogP contribution in [0.4, 0.5) is 0 Å². The molecule has 0 radical (unpaired) electrons. The summed E-state index contributed by atoms with van der Waals surface area (Å²) in [5.74, 6) is 0.117. The molecule has 1 heterocycles. The molecule has 34 heavy (non-hydrogen) atoms. The molecular formula is C28H27N3O3. The van der Waals surface area contributed by atoms with Crippen molar-refractivity contribution >= 4 is 28.8 Å². The molecule has 0 fully saturated rings. The van der Waals surface area contributed by atoms with E-state index in [1.54, 1.807) is 43.6 Å². The second kappa shape index (κ2) is 10.5. The fourth-order valence-corrected chi connectivity index (χ4v) is 3.71. The Bertz CT molecular complexity index is 1310. The van der Waals surface area contributed by atoms with Crippen molar-refractivity contribution in [1.29, 1.82) is 0 Å². The van der Waals surface area contributed by atoms with Gasteiger partial charge in [0.05, 0.1) is 7.11 Å². The van der Waals surface area contributed by atoms with Gasteiger partial charge in [-0.05, 0) is 47.9 Å². The third-order valence-electron chi connectivity index (χ3n) is 5.69. The second-order valence-corrected chi connectivity index (χ2v) is 8.06. The summed E-state index contributed by atoms with van der Waals surface area (Å²) in [5, 5.41) is 6.64. The number of carbonyl (C=O) groups is 2. The second-order valence-electron chi connectivity index (χ2n) is 8.06. The van der Waals surface area contributed by atoms with Crippen molar-refractivity contribution in [3.63, 3.8) is 0 Å². The summed E-state index contributed by atoms with van der Waals surface area (Å²) in [6, 6.07) is 24.5. The summed E-state index contributed by atoms with van der Waals surface area (Å²) < 4.78 is 5.34. The van der Waals surface area contributed by atoms with E-state index in [2.05, 4.69) is 15.6 Å². The van der Waals surface area contributed by atoms with Crippen LogP contribution in [0.15, 0.2) is 90.8 Å². The lowest BCUT2D eigenvalue weighted by Crippen LogP contribution is -2.36. The van der Waals surface area contributed by atoms with Crippen molar-refractivity contribution in [2.24, 2.45) is 0 Å². The number of aromatic amines is 1. The van der Waals surface area contributed by atoms with Crippen LogP contribution in [0.1, 0.15) is 34.3 Å². The van der Waals surface area contributed by atoms with E-state index in [9.17, 15) is 9.59 Å². The van der Waals surface area contributed by atoms with Crippen LogP contribution in [0.2, 0.25) is 0 Å². The minimum Gasteiger partial charge on any atom is -0.497 e. The fraction of sp³-hybridized carbons (Fsp3) is 0.143. The highest BCUT2D eigenvalue weighted by atomic mass is 16.5. The molecule has 3 N–H and O–H groups in total. The average Bonchev–Trinajstić information content (AvgIpc) is 3.29. The number of aromatic nitrogens is 1. The normalized spacial score (nSPS) is 12.2. The highest BCUT2D eigenvalue weighted by molar-refractivity contribution is 6.06. The van der Waals surface area contributed by atoms with Gasteiger partial charge in [-0.15, -0.1) is 0 Å². The Morgan fingerprint density at radius 3 is 2.41 bits per heavy atom. The summed E-state index contributed by atoms with van der Waals surface area (Å²) in [5.41, 5.74) is 3.44. The number of carbonyl (C=O) groups excluding carboxylic acids is 2. The van der Waals surface area contributed by atoms with Gasteiger partial charge in [0.2, 0.25) is 0 Å². The van der Waals surface area contributed by atoms with Gasteiger partial charge in [0.25, 0.3) is 11.8 Å². The fourth-order valence-electron chi connectivity index (χ4n) is 3.71. The predicted octanol–water partition coefficient (Wildman–Crippen LogP) is 4.87. The van der Waals surface area contributed by atoms with Gasteiger partial charge in [0, 0.05) is 34.8 Å². The Hall–Kier alpha value is -4.32. The molecule has 4 rings (SSSR count). The van der Waals surface area contributed by atoms with E-state index in [1.165, 1.54) is 0 Å². The minimum absolute atomic E-state index is 0.119. The minimum atomic E-state index is -0.357. The maximum atomic E-state index is 13.2. The third kappa shape index (κ3) is 5.35. The molecule has 2 amide bonds. The van der Waals surface area contributed by atoms with Crippen LogP contribution in [0.25, 0.3) is 17.0 Å². The lowest BCUT2D eigenvalue weighted by Gasteiger charge is -2.15. The molecule has 6 heteroatoms. The number of hydrogen-bond donors (Lipinski definition) is 3. The quantitative estimate of drug-likeness (QED) is 0.333. The summed E-state index contributed by atoms with van der Waals surface area (Å²) in [4.78, 5) is 29.3. The number of amides is 2. The summed E-state index contributed by atoms with van der Waals surface area (Å²) in [7, 11) is 1.61. The molecular weight excluding hydrogens is 426 g/mol. The van der Waals surface area contributed by atoms with Gasteiger partial charge in [0.15, 0.2) is 0 Å². The first-order chi connectivity index (χ1) is 16.5. The Kier molecular flexibility index (Phi) is 7.08. The van der Waals surface area contributed by atoms with Crippen LogP contribution < -0.4 is 15.4 Å². The number of methoxy groups -OCH3 is 1. The molecule has 3 aromatic carbocycles. The van der Waals surface area contributed by atoms with E-state index in [0.29, 0.717) is 17.9 Å². The van der Waals surface area contributed by atoms with Gasteiger partial charge < -0.3 is 20.4 Å². The number of benzene rings is 3. The largest absolute Gasteiger partial charge is 0.497 e. The molecule has 6 nitrogen and oxygen atoms in total. The van der Waals surface area contributed by atoms with Crippen LogP contribution in [0.5, 0.6) is 5.75 Å². The summed E-state index contributed by atoms with van der Waals surface area (Å²) in [6.07, 6.45) is 3.49. The predicted molar refractivity (Wildman–Crippen MR) is 135 cm³/mol. The monoisotopic (exact) mass is 453 g/mol. The van der Waals surface area contributed by atoms with Gasteiger partial charge in [-0.25, -0.2) is 0 Å². The standard InChI is InChI=1S/C28H27N3O3/c1-19(20-9-5-3-6-10-20)17-30-28(33)26(31-27(32)21-11-7-4-8-12-21)15-22-18-29-25-14-13-23(34-2)16-24(22)25/h3-16,18-19,29H,17H2,1-2H3,(H,30,33)(H,31,32)/b26-15-/t19-/m0/s1. The van der Waals surface area contributed by atoms with Gasteiger partial charge in [-0.1, -0.05) is 55.5 Å². The van der Waals surface area contributed by atoms with Crippen LogP contribution in [0, 0.1) is 0 Å². The van der Waals surface area contributed by atoms with E-state index in [4.69, 9.17) is 4.74 Å². The third-order valence-corrected chi connectivity index (χ3v) is 5.69. The highest BCUT2D eigenvalue weighted by Gasteiger charge is 2.17. The number of nitrogens with one attached hydrogen (secondary N) is 3. The van der Waals surface area contributed by atoms with E-state index in [-0.39, 0.29) is 23.4 Å². The molecule has 0 bridgehead atoms. The molecule has 172 valence electrons. The molecule has 0 aliphatic heterocycles. The average molecular weight is 454 g/mol. The number of fused-ring (bicyclic) bond motifs is 1. The van der Waals surface area contributed by atoms with Crippen molar-refractivity contribution < 1.29 is 14.3 Å². The SMILES string of the molecule is COc1ccc2[nH]cc(/C=C(\NC(=O)c3ccccc3)C(=O)NC[C@H](C)c3ccccc3)c2c1. The van der Waals surface area contributed by atoms with Crippen molar-refractivity contribution in [2.45, 2.75) is 12.8 Å². The highest BCUT2D eigenvalue weighted by Crippen LogP contribution is 2.25. The first-order valence-electron chi connectivity index (χ1n) is 11.1. The lowest BCUT2D eigenvalue weighted by molar-refractivity contribution is -0.117. The molecule has 1 aromatic heterocycles. The first kappa shape index (κ1) is 22.9. The maximum absolute atomic E-state index is 13.2. The molecule has 4 aromatic rings. The Labute approximate surface area is 198 Å². The molecule has 0 aliphatic rings. The number of ether oxygens (including phenoxy) is 1. The van der Waals surface area contributed by atoms with E-state index >= 15 is 0 Å². The van der Waals surface area contributed by atoms with Crippen LogP contribution >= 0.6 is 0 Å². The van der Waals surface area contributed by atoms with Crippen LogP contribution in [-0.4, -0.2) is 30.5 Å². The molecule has 0 unspecified atom stereocenters. The molecule has 1 atom stereocenters. The van der Waals surface area contributed by atoms with Gasteiger partial charge in [-0.3, -0.25) is 9.59 Å². The first-order valence-corrected chi connectivity index (χ1v) is 11.1. The Balaban J connectivity index is 1.61. The zero-order chi connectivity index (χ0) is 23.9. The number of rotatable bonds is 8. The maximum Gasteiger partial charge on any atom is 0.267 e. The van der Waals surface area contributed by atoms with Crippen molar-refractivity contribution in [2.75, 3.05) is 13.7 Å². The molecule has 0 saturated heterocycles. The van der Waals surface area contributed by atoms with Gasteiger partial charge in [-0.2, -0.15) is 0 Å². The van der Waals surface area contributed by atoms with Crippen LogP contribution in [0.3, 0.4) is 0 Å². The molecule has 0 saturated carbocycles. The number of hydrogen-bond acceptors (Lipinski definition) is 3. The topological polar surface area (TPSA) is 83.2 Å². The van der Waals surface area contributed by atoms with Crippen molar-refractivity contribution in [3.05, 3.63) is 107 Å². The van der Waals surface area contributed by atoms with Crippen molar-refractivity contribution in [3.8, 4) is 5.75 Å². The van der Waals surface area contributed by atoms with Gasteiger partial charge >= 0.3 is 0 Å². The zero-order valence-corrected chi connectivity index (χ0v) is 19.2. The van der Waals surface area contributed by atoms with Crippen LogP contribution in [-0.2, 0) is 4.79 Å². The Morgan fingerprint density at radius 2 is 1.71 bits per heavy atom. The van der Waals surface area contributed by atoms with E-state index in [0.717, 1.165) is 22.0 Å². The van der Waals surface area contributed by atoms with E-state index < -0.39 is 0 Å². The summed E-state index contributed by atoms with van der Waals surface area (Å²) in [6.45, 7) is 2.48.